The molecular formula is C14H23N3O2. The van der Waals surface area contributed by atoms with Crippen LogP contribution in [0, 0.1) is 0 Å². The minimum Gasteiger partial charge on any atom is -0.460 e. The van der Waals surface area contributed by atoms with Crippen molar-refractivity contribution in [2.24, 2.45) is 7.05 Å². The van der Waals surface area contributed by atoms with Gasteiger partial charge in [-0.25, -0.2) is 9.78 Å². The van der Waals surface area contributed by atoms with Crippen molar-refractivity contribution < 1.29 is 9.53 Å². The summed E-state index contributed by atoms with van der Waals surface area (Å²) in [5, 5.41) is 4.19. The molecule has 1 aliphatic rings. The first kappa shape index (κ1) is 14.0. The fourth-order valence-electron chi connectivity index (χ4n) is 2.75. The highest BCUT2D eigenvalue weighted by Gasteiger charge is 2.22. The minimum atomic E-state index is -0.421. The van der Waals surface area contributed by atoms with Gasteiger partial charge in [-0.05, 0) is 19.8 Å². The van der Waals surface area contributed by atoms with Crippen LogP contribution in [-0.2, 0) is 11.8 Å². The highest BCUT2D eigenvalue weighted by atomic mass is 16.5. The predicted octanol–water partition coefficient (Wildman–Crippen LogP) is 2.82. The monoisotopic (exact) mass is 265 g/mol. The van der Waals surface area contributed by atoms with Crippen LogP contribution in [0.15, 0.2) is 0 Å². The van der Waals surface area contributed by atoms with Crippen molar-refractivity contribution in [2.45, 2.75) is 57.8 Å². The lowest BCUT2D eigenvalue weighted by molar-refractivity contribution is 0.0511. The molecule has 0 N–H and O–H groups in total. The summed E-state index contributed by atoms with van der Waals surface area (Å²) in [5.41, 5.74) is 0. The zero-order valence-electron chi connectivity index (χ0n) is 11.9. The summed E-state index contributed by atoms with van der Waals surface area (Å²) < 4.78 is 6.70. The molecule has 0 bridgehead atoms. The van der Waals surface area contributed by atoms with Gasteiger partial charge in [-0.1, -0.05) is 32.1 Å². The molecule has 5 heteroatoms. The molecule has 19 heavy (non-hydrogen) atoms. The van der Waals surface area contributed by atoms with Crippen LogP contribution in [0.25, 0.3) is 0 Å². The standard InChI is InChI=1S/C14H23N3O2/c1-3-19-14(18)12-15-13(17(2)16-12)11-9-7-5-4-6-8-10-11/h11H,3-10H2,1-2H3. The third-order valence-corrected chi connectivity index (χ3v) is 3.73. The van der Waals surface area contributed by atoms with Gasteiger partial charge in [0.2, 0.25) is 0 Å². The second-order valence-corrected chi connectivity index (χ2v) is 5.18. The molecule has 0 amide bonds. The Morgan fingerprint density at radius 3 is 2.53 bits per heavy atom. The summed E-state index contributed by atoms with van der Waals surface area (Å²) >= 11 is 0. The number of ether oxygens (including phenoxy) is 1. The Labute approximate surface area is 114 Å². The number of aryl methyl sites for hydroxylation is 1. The fraction of sp³-hybridized carbons (Fsp3) is 0.786. The minimum absolute atomic E-state index is 0.196. The summed E-state index contributed by atoms with van der Waals surface area (Å²) in [4.78, 5) is 16.1. The third-order valence-electron chi connectivity index (χ3n) is 3.73. The molecule has 5 nitrogen and oxygen atoms in total. The van der Waals surface area contributed by atoms with E-state index < -0.39 is 5.97 Å². The van der Waals surface area contributed by atoms with Crippen molar-refractivity contribution in [3.63, 3.8) is 0 Å². The first-order chi connectivity index (χ1) is 9.22. The van der Waals surface area contributed by atoms with Crippen LogP contribution < -0.4 is 0 Å². The molecule has 0 radical (unpaired) electrons. The van der Waals surface area contributed by atoms with E-state index >= 15 is 0 Å². The molecule has 1 aromatic heterocycles. The van der Waals surface area contributed by atoms with Crippen LogP contribution >= 0.6 is 0 Å². The Kier molecular flexibility index (Phi) is 4.93. The fourth-order valence-corrected chi connectivity index (χ4v) is 2.75. The van der Waals surface area contributed by atoms with Gasteiger partial charge >= 0.3 is 5.97 Å². The molecule has 0 atom stereocenters. The molecule has 0 spiro atoms. The van der Waals surface area contributed by atoms with Crippen LogP contribution in [0.3, 0.4) is 0 Å². The Hall–Kier alpha value is -1.39. The van der Waals surface area contributed by atoms with Gasteiger partial charge in [0, 0.05) is 13.0 Å². The lowest BCUT2D eigenvalue weighted by Crippen LogP contribution is -2.09. The summed E-state index contributed by atoms with van der Waals surface area (Å²) in [6.07, 6.45) is 8.74. The molecule has 1 saturated carbocycles. The van der Waals surface area contributed by atoms with E-state index in [0.29, 0.717) is 12.5 Å². The maximum Gasteiger partial charge on any atom is 0.378 e. The van der Waals surface area contributed by atoms with Crippen LogP contribution in [0.5, 0.6) is 0 Å². The number of rotatable bonds is 3. The van der Waals surface area contributed by atoms with Gasteiger partial charge < -0.3 is 4.74 Å². The molecular weight excluding hydrogens is 242 g/mol. The lowest BCUT2D eigenvalue weighted by Gasteiger charge is -2.18. The van der Waals surface area contributed by atoms with E-state index in [2.05, 4.69) is 10.1 Å². The zero-order valence-corrected chi connectivity index (χ0v) is 11.9. The summed E-state index contributed by atoms with van der Waals surface area (Å²) in [6, 6.07) is 0. The van der Waals surface area contributed by atoms with Crippen molar-refractivity contribution in [2.75, 3.05) is 6.61 Å². The van der Waals surface area contributed by atoms with E-state index in [1.807, 2.05) is 7.05 Å². The van der Waals surface area contributed by atoms with E-state index in [0.717, 1.165) is 18.7 Å². The molecule has 0 aromatic carbocycles. The van der Waals surface area contributed by atoms with Gasteiger partial charge in [0.05, 0.1) is 6.61 Å². The van der Waals surface area contributed by atoms with Crippen molar-refractivity contribution in [3.05, 3.63) is 11.6 Å². The third kappa shape index (κ3) is 3.55. The van der Waals surface area contributed by atoms with Gasteiger partial charge in [-0.3, -0.25) is 4.68 Å². The van der Waals surface area contributed by atoms with Crippen LogP contribution in [0.2, 0.25) is 0 Å². The SMILES string of the molecule is CCOC(=O)c1nc(C2CCCCCCC2)n(C)n1. The molecule has 2 rings (SSSR count). The second-order valence-electron chi connectivity index (χ2n) is 5.18. The van der Waals surface area contributed by atoms with Crippen molar-refractivity contribution in [1.82, 2.24) is 14.8 Å². The molecule has 106 valence electrons. The number of carbonyl (C=O) groups is 1. The van der Waals surface area contributed by atoms with E-state index in [1.165, 1.54) is 32.1 Å². The van der Waals surface area contributed by atoms with Crippen molar-refractivity contribution >= 4 is 5.97 Å². The topological polar surface area (TPSA) is 57.0 Å². The quantitative estimate of drug-likeness (QED) is 0.789. The van der Waals surface area contributed by atoms with Gasteiger partial charge in [-0.15, -0.1) is 5.10 Å². The van der Waals surface area contributed by atoms with E-state index in [1.54, 1.807) is 11.6 Å². The average molecular weight is 265 g/mol. The molecule has 0 unspecified atom stereocenters. The highest BCUT2D eigenvalue weighted by molar-refractivity contribution is 5.84. The Morgan fingerprint density at radius 1 is 1.26 bits per heavy atom. The van der Waals surface area contributed by atoms with Gasteiger partial charge in [0.25, 0.3) is 5.82 Å². The van der Waals surface area contributed by atoms with Gasteiger partial charge in [-0.2, -0.15) is 0 Å². The van der Waals surface area contributed by atoms with Crippen LogP contribution in [-0.4, -0.2) is 27.3 Å². The molecule has 1 fully saturated rings. The molecule has 0 aliphatic heterocycles. The first-order valence-electron chi connectivity index (χ1n) is 7.30. The first-order valence-corrected chi connectivity index (χ1v) is 7.30. The average Bonchev–Trinajstić information content (AvgIpc) is 2.72. The van der Waals surface area contributed by atoms with Crippen molar-refractivity contribution in [1.29, 1.82) is 0 Å². The van der Waals surface area contributed by atoms with Gasteiger partial charge in [0.1, 0.15) is 5.82 Å². The molecule has 1 aliphatic carbocycles. The number of carbonyl (C=O) groups excluding carboxylic acids is 1. The maximum absolute atomic E-state index is 11.7. The Balaban J connectivity index is 2.12. The molecule has 1 aromatic rings. The number of aromatic nitrogens is 3. The molecule has 0 saturated heterocycles. The Bertz CT molecular complexity index is 420. The highest BCUT2D eigenvalue weighted by Crippen LogP contribution is 2.29. The predicted molar refractivity (Wildman–Crippen MR) is 72.0 cm³/mol. The summed E-state index contributed by atoms with van der Waals surface area (Å²) in [5.74, 6) is 1.14. The second kappa shape index (κ2) is 6.68. The van der Waals surface area contributed by atoms with Crippen LogP contribution in [0.4, 0.5) is 0 Å². The van der Waals surface area contributed by atoms with E-state index in [4.69, 9.17) is 4.74 Å². The largest absolute Gasteiger partial charge is 0.460 e. The van der Waals surface area contributed by atoms with E-state index in [9.17, 15) is 4.79 Å². The van der Waals surface area contributed by atoms with Crippen LogP contribution in [0.1, 0.15) is 74.2 Å². The van der Waals surface area contributed by atoms with Crippen molar-refractivity contribution in [3.8, 4) is 0 Å². The number of hydrogen-bond acceptors (Lipinski definition) is 4. The number of esters is 1. The van der Waals surface area contributed by atoms with Gasteiger partial charge in [0.15, 0.2) is 0 Å². The summed E-state index contributed by atoms with van der Waals surface area (Å²) in [7, 11) is 1.86. The molecule has 1 heterocycles. The lowest BCUT2D eigenvalue weighted by atomic mass is 9.90. The smallest absolute Gasteiger partial charge is 0.378 e. The zero-order chi connectivity index (χ0) is 13.7. The Morgan fingerprint density at radius 2 is 1.89 bits per heavy atom. The van der Waals surface area contributed by atoms with E-state index in [-0.39, 0.29) is 5.82 Å². The number of hydrogen-bond donors (Lipinski definition) is 0. The normalized spacial score (nSPS) is 17.8. The summed E-state index contributed by atoms with van der Waals surface area (Å²) in [6.45, 7) is 2.15. The maximum atomic E-state index is 11.7. The number of nitrogens with zero attached hydrogens (tertiary/aromatic N) is 3.